The number of carbonyl (C=O) groups is 2. The van der Waals surface area contributed by atoms with Crippen LogP contribution in [0, 0.1) is 11.8 Å². The Hall–Kier alpha value is -3.21. The Morgan fingerprint density at radius 2 is 1.60 bits per heavy atom. The molecule has 0 amide bonds. The molecule has 0 fully saturated rings. The fourth-order valence-corrected chi connectivity index (χ4v) is 4.55. The smallest absolute Gasteiger partial charge is 0.323 e. The number of esters is 2. The maximum absolute atomic E-state index is 12.3. The Morgan fingerprint density at radius 1 is 0.929 bits per heavy atom. The summed E-state index contributed by atoms with van der Waals surface area (Å²) < 4.78 is 10.9. The SMILES string of the molecule is CCCCCCC=CCCCCCCCC(=O)OCCC(COC(=O)[C@@H](N)C(C)C)Cc1nc2nc(N)[nH]c(=O)c2[nH]1. The number of nitrogens with two attached hydrogens (primary N) is 2. The number of allylic oxidation sites excluding steroid dienone is 2. The number of rotatable bonds is 22. The number of nitrogens with one attached hydrogen (secondary N) is 2. The van der Waals surface area contributed by atoms with Crippen LogP contribution in [0.15, 0.2) is 16.9 Å². The normalized spacial score (nSPS) is 13.2. The number of unbranched alkanes of at least 4 members (excludes halogenated alkanes) is 9. The number of anilines is 1. The van der Waals surface area contributed by atoms with Crippen molar-refractivity contribution in [2.45, 2.75) is 117 Å². The predicted molar refractivity (Wildman–Crippen MR) is 166 cm³/mol. The van der Waals surface area contributed by atoms with Gasteiger partial charge in [0.05, 0.1) is 13.2 Å². The molecule has 0 radical (unpaired) electrons. The summed E-state index contributed by atoms with van der Waals surface area (Å²) in [6.07, 6.45) is 18.6. The van der Waals surface area contributed by atoms with Gasteiger partial charge in [-0.1, -0.05) is 71.4 Å². The molecule has 0 saturated heterocycles. The van der Waals surface area contributed by atoms with E-state index in [0.29, 0.717) is 25.1 Å². The standard InChI is InChI=1S/C31H52N6O5/c1-4-5-6-7-8-9-10-11-12-13-14-15-16-17-25(38)41-19-18-23(21-42-30(40)26(32)22(2)3)20-24-34-27-28(35-24)36-31(33)37-29(27)39/h9-10,22-23,26H,4-8,11-21,32H2,1-3H3,(H4,33,34,35,36,37,39)/t23?,26-/m0/s1. The van der Waals surface area contributed by atoms with Crippen LogP contribution < -0.4 is 17.0 Å². The molecule has 11 nitrogen and oxygen atoms in total. The Kier molecular flexibility index (Phi) is 16.5. The van der Waals surface area contributed by atoms with Gasteiger partial charge in [0.1, 0.15) is 11.9 Å². The fraction of sp³-hybridized carbons (Fsp3) is 0.710. The molecule has 0 saturated carbocycles. The number of nitrogen functional groups attached to an aromatic ring is 1. The van der Waals surface area contributed by atoms with Crippen LogP contribution in [-0.2, 0) is 25.5 Å². The molecule has 0 bridgehead atoms. The van der Waals surface area contributed by atoms with Crippen molar-refractivity contribution in [3.8, 4) is 0 Å². The van der Waals surface area contributed by atoms with Crippen molar-refractivity contribution in [2.75, 3.05) is 18.9 Å². The summed E-state index contributed by atoms with van der Waals surface area (Å²) in [5.41, 5.74) is 11.6. The minimum absolute atomic E-state index is 0.0220. The first-order valence-corrected chi connectivity index (χ1v) is 15.7. The first-order chi connectivity index (χ1) is 20.2. The minimum Gasteiger partial charge on any atom is -0.466 e. The van der Waals surface area contributed by atoms with Crippen molar-refractivity contribution >= 4 is 29.1 Å². The van der Waals surface area contributed by atoms with Crippen LogP contribution in [0.4, 0.5) is 5.95 Å². The van der Waals surface area contributed by atoms with Gasteiger partial charge in [-0.15, -0.1) is 0 Å². The predicted octanol–water partition coefficient (Wildman–Crippen LogP) is 5.10. The lowest BCUT2D eigenvalue weighted by molar-refractivity contribution is -0.149. The summed E-state index contributed by atoms with van der Waals surface area (Å²) in [6.45, 7) is 6.20. The molecule has 2 atom stereocenters. The van der Waals surface area contributed by atoms with E-state index in [1.807, 2.05) is 13.8 Å². The molecule has 2 rings (SSSR count). The molecule has 0 aromatic carbocycles. The Balaban J connectivity index is 1.72. The monoisotopic (exact) mass is 588 g/mol. The van der Waals surface area contributed by atoms with Gasteiger partial charge in [-0.2, -0.15) is 4.98 Å². The van der Waals surface area contributed by atoms with Gasteiger partial charge in [0.15, 0.2) is 11.2 Å². The number of aromatic nitrogens is 4. The maximum atomic E-state index is 12.3. The highest BCUT2D eigenvalue weighted by Crippen LogP contribution is 2.16. The lowest BCUT2D eigenvalue weighted by atomic mass is 10.0. The van der Waals surface area contributed by atoms with E-state index in [4.69, 9.17) is 20.9 Å². The van der Waals surface area contributed by atoms with Gasteiger partial charge >= 0.3 is 11.9 Å². The van der Waals surface area contributed by atoms with E-state index in [1.54, 1.807) is 0 Å². The largest absolute Gasteiger partial charge is 0.466 e. The van der Waals surface area contributed by atoms with Gasteiger partial charge in [-0.25, -0.2) is 4.98 Å². The van der Waals surface area contributed by atoms with E-state index in [0.717, 1.165) is 25.7 Å². The number of imidazole rings is 1. The van der Waals surface area contributed by atoms with Gasteiger partial charge in [0.2, 0.25) is 5.95 Å². The molecule has 6 N–H and O–H groups in total. The van der Waals surface area contributed by atoms with E-state index in [-0.39, 0.29) is 48.1 Å². The zero-order valence-corrected chi connectivity index (χ0v) is 25.8. The first kappa shape index (κ1) is 35.0. The summed E-state index contributed by atoms with van der Waals surface area (Å²) in [7, 11) is 0. The number of aromatic amines is 2. The van der Waals surface area contributed by atoms with E-state index in [9.17, 15) is 14.4 Å². The second-order valence-corrected chi connectivity index (χ2v) is 11.4. The van der Waals surface area contributed by atoms with Crippen molar-refractivity contribution < 1.29 is 19.1 Å². The van der Waals surface area contributed by atoms with Crippen molar-refractivity contribution in [1.29, 1.82) is 0 Å². The van der Waals surface area contributed by atoms with Crippen molar-refractivity contribution in [3.63, 3.8) is 0 Å². The fourth-order valence-electron chi connectivity index (χ4n) is 4.55. The molecule has 2 heterocycles. The summed E-state index contributed by atoms with van der Waals surface area (Å²) in [6, 6.07) is -0.725. The average Bonchev–Trinajstić information content (AvgIpc) is 3.36. The highest BCUT2D eigenvalue weighted by atomic mass is 16.5. The van der Waals surface area contributed by atoms with Crippen LogP contribution in [0.5, 0.6) is 0 Å². The molecule has 0 aliphatic rings. The number of hydrogen-bond donors (Lipinski definition) is 4. The van der Waals surface area contributed by atoms with Gasteiger partial charge in [-0.3, -0.25) is 19.4 Å². The van der Waals surface area contributed by atoms with Gasteiger partial charge in [0.25, 0.3) is 5.56 Å². The number of ether oxygens (including phenoxy) is 2. The van der Waals surface area contributed by atoms with Crippen LogP contribution in [0.25, 0.3) is 11.2 Å². The summed E-state index contributed by atoms with van der Waals surface area (Å²) in [4.78, 5) is 50.6. The Morgan fingerprint density at radius 3 is 2.29 bits per heavy atom. The summed E-state index contributed by atoms with van der Waals surface area (Å²) in [5, 5.41) is 0. The van der Waals surface area contributed by atoms with Crippen LogP contribution >= 0.6 is 0 Å². The molecule has 0 spiro atoms. The number of carbonyl (C=O) groups excluding carboxylic acids is 2. The third-order valence-electron chi connectivity index (χ3n) is 7.29. The third kappa shape index (κ3) is 13.6. The summed E-state index contributed by atoms with van der Waals surface area (Å²) >= 11 is 0. The van der Waals surface area contributed by atoms with Gasteiger partial charge in [-0.05, 0) is 44.4 Å². The number of nitrogens with zero attached hydrogens (tertiary/aromatic N) is 2. The zero-order chi connectivity index (χ0) is 30.7. The van der Waals surface area contributed by atoms with E-state index in [1.165, 1.54) is 44.9 Å². The second-order valence-electron chi connectivity index (χ2n) is 11.4. The van der Waals surface area contributed by atoms with Crippen LogP contribution in [0.3, 0.4) is 0 Å². The number of H-pyrrole nitrogens is 2. The average molecular weight is 589 g/mol. The number of hydrogen-bond acceptors (Lipinski definition) is 9. The highest BCUT2D eigenvalue weighted by Gasteiger charge is 2.22. The van der Waals surface area contributed by atoms with E-state index in [2.05, 4.69) is 39.0 Å². The molecule has 1 unspecified atom stereocenters. The minimum atomic E-state index is -0.725. The zero-order valence-electron chi connectivity index (χ0n) is 25.8. The van der Waals surface area contributed by atoms with Crippen LogP contribution in [0.2, 0.25) is 0 Å². The van der Waals surface area contributed by atoms with Gasteiger partial charge in [0, 0.05) is 18.8 Å². The number of fused-ring (bicyclic) bond motifs is 1. The molecule has 2 aromatic rings. The van der Waals surface area contributed by atoms with E-state index < -0.39 is 17.6 Å². The molecule has 11 heteroatoms. The maximum Gasteiger partial charge on any atom is 0.323 e. The summed E-state index contributed by atoms with van der Waals surface area (Å²) in [5.74, 6) is -0.515. The molecular formula is C31H52N6O5. The van der Waals surface area contributed by atoms with E-state index >= 15 is 0 Å². The first-order valence-electron chi connectivity index (χ1n) is 15.7. The van der Waals surface area contributed by atoms with Crippen LogP contribution in [0.1, 0.15) is 110 Å². The lowest BCUT2D eigenvalue weighted by Crippen LogP contribution is -2.38. The lowest BCUT2D eigenvalue weighted by Gasteiger charge is -2.19. The topological polar surface area (TPSA) is 179 Å². The van der Waals surface area contributed by atoms with Crippen molar-refractivity contribution in [2.24, 2.45) is 17.6 Å². The Labute approximate surface area is 249 Å². The Bertz CT molecular complexity index is 1160. The second kappa shape index (κ2) is 19.8. The van der Waals surface area contributed by atoms with Crippen molar-refractivity contribution in [1.82, 2.24) is 19.9 Å². The molecule has 236 valence electrons. The highest BCUT2D eigenvalue weighted by molar-refractivity contribution is 5.75. The third-order valence-corrected chi connectivity index (χ3v) is 7.29. The van der Waals surface area contributed by atoms with Crippen LogP contribution in [-0.4, -0.2) is 51.1 Å². The molecule has 0 aliphatic carbocycles. The van der Waals surface area contributed by atoms with Crippen molar-refractivity contribution in [3.05, 3.63) is 28.3 Å². The molecule has 0 aliphatic heterocycles. The molecular weight excluding hydrogens is 536 g/mol. The molecule has 2 aromatic heterocycles. The van der Waals surface area contributed by atoms with Gasteiger partial charge < -0.3 is 25.9 Å². The quantitative estimate of drug-likeness (QED) is 0.0826. The molecule has 42 heavy (non-hydrogen) atoms.